The van der Waals surface area contributed by atoms with Gasteiger partial charge in [0.05, 0.1) is 0 Å². The van der Waals surface area contributed by atoms with Gasteiger partial charge in [-0.2, -0.15) is 13.2 Å². The predicted molar refractivity (Wildman–Crippen MR) is 100 cm³/mol. The number of ketones is 1. The van der Waals surface area contributed by atoms with Crippen molar-refractivity contribution in [3.63, 3.8) is 0 Å². The van der Waals surface area contributed by atoms with Crippen molar-refractivity contribution in [2.24, 2.45) is 0 Å². The highest BCUT2D eigenvalue weighted by molar-refractivity contribution is 5.85. The zero-order valence-corrected chi connectivity index (χ0v) is 16.1. The summed E-state index contributed by atoms with van der Waals surface area (Å²) in [5, 5.41) is 0. The SMILES string of the molecule is CC(C)c1ccc(OCc2ccccc2)c(C(C)(C)CC(=O)C(F)(F)F)c1. The van der Waals surface area contributed by atoms with Crippen LogP contribution < -0.4 is 4.74 Å². The maximum absolute atomic E-state index is 12.8. The van der Waals surface area contributed by atoms with Crippen LogP contribution in [-0.4, -0.2) is 12.0 Å². The summed E-state index contributed by atoms with van der Waals surface area (Å²) in [5.74, 6) is -1.01. The first-order valence-corrected chi connectivity index (χ1v) is 8.92. The van der Waals surface area contributed by atoms with E-state index in [2.05, 4.69) is 0 Å². The van der Waals surface area contributed by atoms with Crippen molar-refractivity contribution >= 4 is 5.78 Å². The summed E-state index contributed by atoms with van der Waals surface area (Å²) < 4.78 is 44.3. The molecule has 0 bridgehead atoms. The highest BCUT2D eigenvalue weighted by atomic mass is 19.4. The lowest BCUT2D eigenvalue weighted by molar-refractivity contribution is -0.172. The molecule has 2 rings (SSSR count). The summed E-state index contributed by atoms with van der Waals surface area (Å²) in [6.07, 6.45) is -5.46. The first-order chi connectivity index (χ1) is 12.5. The maximum Gasteiger partial charge on any atom is 0.450 e. The third kappa shape index (κ3) is 5.59. The minimum atomic E-state index is -4.84. The van der Waals surface area contributed by atoms with Gasteiger partial charge in [0, 0.05) is 17.4 Å². The summed E-state index contributed by atoms with van der Waals surface area (Å²) in [6.45, 7) is 7.62. The van der Waals surface area contributed by atoms with Crippen LogP contribution in [0, 0.1) is 0 Å². The fraction of sp³-hybridized carbons (Fsp3) is 0.409. The second kappa shape index (κ2) is 8.15. The van der Waals surface area contributed by atoms with Gasteiger partial charge >= 0.3 is 6.18 Å². The van der Waals surface area contributed by atoms with Gasteiger partial charge in [-0.1, -0.05) is 70.2 Å². The molecule has 0 fully saturated rings. The molecule has 2 aromatic rings. The molecule has 0 aliphatic heterocycles. The van der Waals surface area contributed by atoms with E-state index in [0.29, 0.717) is 17.9 Å². The van der Waals surface area contributed by atoms with Crippen LogP contribution in [0.15, 0.2) is 48.5 Å². The topological polar surface area (TPSA) is 26.3 Å². The third-order valence-electron chi connectivity index (χ3n) is 4.56. The number of hydrogen-bond acceptors (Lipinski definition) is 2. The molecule has 0 unspecified atom stereocenters. The van der Waals surface area contributed by atoms with Crippen LogP contribution in [0.2, 0.25) is 0 Å². The number of Topliss-reactive ketones (excluding diaryl/α,β-unsaturated/α-hetero) is 1. The van der Waals surface area contributed by atoms with Crippen molar-refractivity contribution < 1.29 is 22.7 Å². The molecule has 0 amide bonds. The number of alkyl halides is 3. The fourth-order valence-corrected chi connectivity index (χ4v) is 2.89. The highest BCUT2D eigenvalue weighted by Gasteiger charge is 2.42. The smallest absolute Gasteiger partial charge is 0.450 e. The quantitative estimate of drug-likeness (QED) is 0.574. The Labute approximate surface area is 158 Å². The Morgan fingerprint density at radius 1 is 1.04 bits per heavy atom. The molecule has 0 spiro atoms. The lowest BCUT2D eigenvalue weighted by atomic mass is 9.78. The number of carbonyl (C=O) groups excluding carboxylic acids is 1. The molecule has 27 heavy (non-hydrogen) atoms. The first-order valence-electron chi connectivity index (χ1n) is 8.92. The van der Waals surface area contributed by atoms with Gasteiger partial charge in [-0.15, -0.1) is 0 Å². The molecule has 146 valence electrons. The van der Waals surface area contributed by atoms with E-state index in [-0.39, 0.29) is 5.92 Å². The molecule has 5 heteroatoms. The zero-order chi connectivity index (χ0) is 20.2. The van der Waals surface area contributed by atoms with E-state index in [4.69, 9.17) is 4.74 Å². The van der Waals surface area contributed by atoms with Crippen LogP contribution in [-0.2, 0) is 16.8 Å². The van der Waals surface area contributed by atoms with E-state index < -0.39 is 23.8 Å². The summed E-state index contributed by atoms with van der Waals surface area (Å²) in [7, 11) is 0. The van der Waals surface area contributed by atoms with Gasteiger partial charge in [-0.05, 0) is 23.1 Å². The molecule has 0 aliphatic carbocycles. The van der Waals surface area contributed by atoms with Crippen molar-refractivity contribution in [3.05, 3.63) is 65.2 Å². The molecule has 2 nitrogen and oxygen atoms in total. The number of halogens is 3. The number of benzene rings is 2. The van der Waals surface area contributed by atoms with Crippen molar-refractivity contribution in [1.29, 1.82) is 0 Å². The monoisotopic (exact) mass is 378 g/mol. The average molecular weight is 378 g/mol. The maximum atomic E-state index is 12.8. The first kappa shape index (κ1) is 21.0. The van der Waals surface area contributed by atoms with Gasteiger partial charge in [0.1, 0.15) is 12.4 Å². The lowest BCUT2D eigenvalue weighted by Gasteiger charge is -2.28. The molecule has 0 radical (unpaired) electrons. The van der Waals surface area contributed by atoms with Crippen LogP contribution in [0.4, 0.5) is 13.2 Å². The number of rotatable bonds is 7. The third-order valence-corrected chi connectivity index (χ3v) is 4.56. The van der Waals surface area contributed by atoms with Crippen LogP contribution >= 0.6 is 0 Å². The summed E-state index contributed by atoms with van der Waals surface area (Å²) >= 11 is 0. The van der Waals surface area contributed by atoms with Gasteiger partial charge < -0.3 is 4.74 Å². The molecule has 0 saturated carbocycles. The van der Waals surface area contributed by atoms with Crippen molar-refractivity contribution in [3.8, 4) is 5.75 Å². The fourth-order valence-electron chi connectivity index (χ4n) is 2.89. The van der Waals surface area contributed by atoms with Crippen LogP contribution in [0.5, 0.6) is 5.75 Å². The highest BCUT2D eigenvalue weighted by Crippen LogP contribution is 2.38. The zero-order valence-electron chi connectivity index (χ0n) is 16.1. The second-order valence-electron chi connectivity index (χ2n) is 7.67. The Hall–Kier alpha value is -2.30. The molecule has 2 aromatic carbocycles. The molecule has 0 saturated heterocycles. The molecule has 0 aliphatic rings. The molecular weight excluding hydrogens is 353 g/mol. The van der Waals surface area contributed by atoms with Crippen LogP contribution in [0.25, 0.3) is 0 Å². The van der Waals surface area contributed by atoms with E-state index in [0.717, 1.165) is 11.1 Å². The van der Waals surface area contributed by atoms with Gasteiger partial charge in [-0.25, -0.2) is 0 Å². The summed E-state index contributed by atoms with van der Waals surface area (Å²) in [4.78, 5) is 11.6. The lowest BCUT2D eigenvalue weighted by Crippen LogP contribution is -2.31. The van der Waals surface area contributed by atoms with E-state index in [9.17, 15) is 18.0 Å². The second-order valence-corrected chi connectivity index (χ2v) is 7.67. The largest absolute Gasteiger partial charge is 0.489 e. The minimum absolute atomic E-state index is 0.209. The number of carbonyl (C=O) groups is 1. The molecular formula is C22H25F3O2. The number of ether oxygens (including phenoxy) is 1. The molecule has 0 atom stereocenters. The molecule has 0 heterocycles. The van der Waals surface area contributed by atoms with E-state index in [1.165, 1.54) is 0 Å². The standard InChI is InChI=1S/C22H25F3O2/c1-15(2)17-10-11-19(27-14-16-8-6-5-7-9-16)18(12-17)21(3,4)13-20(26)22(23,24)25/h5-12,15H,13-14H2,1-4H3. The molecule has 0 N–H and O–H groups in total. The van der Waals surface area contributed by atoms with Crippen molar-refractivity contribution in [2.45, 2.75) is 58.2 Å². The Balaban J connectivity index is 2.35. The van der Waals surface area contributed by atoms with Crippen LogP contribution in [0.1, 0.15) is 56.7 Å². The summed E-state index contributed by atoms with van der Waals surface area (Å²) in [5.41, 5.74) is 1.55. The Morgan fingerprint density at radius 3 is 2.22 bits per heavy atom. The van der Waals surface area contributed by atoms with E-state index >= 15 is 0 Å². The Kier molecular flexibility index (Phi) is 6.34. The van der Waals surface area contributed by atoms with Gasteiger partial charge in [0.25, 0.3) is 0 Å². The Morgan fingerprint density at radius 2 is 1.67 bits per heavy atom. The predicted octanol–water partition coefficient (Wildman–Crippen LogP) is 6.19. The van der Waals surface area contributed by atoms with Gasteiger partial charge in [0.15, 0.2) is 0 Å². The normalized spacial score (nSPS) is 12.3. The van der Waals surface area contributed by atoms with Gasteiger partial charge in [-0.3, -0.25) is 4.79 Å². The minimum Gasteiger partial charge on any atom is -0.489 e. The number of hydrogen-bond donors (Lipinski definition) is 0. The van der Waals surface area contributed by atoms with E-state index in [1.54, 1.807) is 19.9 Å². The van der Waals surface area contributed by atoms with Gasteiger partial charge in [0.2, 0.25) is 5.78 Å². The van der Waals surface area contributed by atoms with Crippen LogP contribution in [0.3, 0.4) is 0 Å². The summed E-state index contributed by atoms with van der Waals surface area (Å²) in [6, 6.07) is 15.1. The molecule has 0 aromatic heterocycles. The van der Waals surface area contributed by atoms with Crippen molar-refractivity contribution in [2.75, 3.05) is 0 Å². The van der Waals surface area contributed by atoms with E-state index in [1.807, 2.05) is 56.3 Å². The van der Waals surface area contributed by atoms with Crippen molar-refractivity contribution in [1.82, 2.24) is 0 Å². The Bertz CT molecular complexity index is 778. The average Bonchev–Trinajstić information content (AvgIpc) is 2.59.